The molecule has 0 aliphatic carbocycles. The van der Waals surface area contributed by atoms with Crippen LogP contribution in [0.25, 0.3) is 0 Å². The average Bonchev–Trinajstić information content (AvgIpc) is 2.24. The molecule has 2 N–H and O–H groups in total. The van der Waals surface area contributed by atoms with Crippen LogP contribution in [0.2, 0.25) is 0 Å². The van der Waals surface area contributed by atoms with Crippen LogP contribution in [-0.2, 0) is 13.0 Å². The zero-order valence-electron chi connectivity index (χ0n) is 10.6. The van der Waals surface area contributed by atoms with Crippen LogP contribution < -0.4 is 5.32 Å². The summed E-state index contributed by atoms with van der Waals surface area (Å²) >= 11 is 0. The fraction of sp³-hybridized carbons (Fsp3) is 0.571. The third-order valence-electron chi connectivity index (χ3n) is 2.67. The first-order valence-corrected chi connectivity index (χ1v) is 6.02. The van der Waals surface area contributed by atoms with E-state index in [4.69, 9.17) is 0 Å². The van der Waals surface area contributed by atoms with Gasteiger partial charge >= 0.3 is 0 Å². The molecule has 0 heterocycles. The minimum absolute atomic E-state index is 0.570. The zero-order chi connectivity index (χ0) is 12.0. The summed E-state index contributed by atoms with van der Waals surface area (Å²) < 4.78 is 0. The van der Waals surface area contributed by atoms with E-state index in [1.165, 1.54) is 11.1 Å². The second kappa shape index (κ2) is 6.02. The number of aryl methyl sites for hydroxylation is 1. The van der Waals surface area contributed by atoms with E-state index in [0.29, 0.717) is 0 Å². The summed E-state index contributed by atoms with van der Waals surface area (Å²) in [6.07, 6.45) is 1.87. The Hall–Kier alpha value is -0.860. The van der Waals surface area contributed by atoms with Gasteiger partial charge in [0, 0.05) is 6.54 Å². The SMILES string of the molecule is CCc1ccc(CNCCC(C)(C)O)cc1. The summed E-state index contributed by atoms with van der Waals surface area (Å²) in [5, 5.41) is 12.9. The van der Waals surface area contributed by atoms with Crippen LogP contribution >= 0.6 is 0 Å². The second-order valence-electron chi connectivity index (χ2n) is 4.91. The fourth-order valence-electron chi connectivity index (χ4n) is 1.52. The minimum atomic E-state index is -0.570. The van der Waals surface area contributed by atoms with Crippen LogP contribution in [-0.4, -0.2) is 17.3 Å². The van der Waals surface area contributed by atoms with Crippen molar-refractivity contribution in [2.45, 2.75) is 45.8 Å². The number of aliphatic hydroxyl groups is 1. The average molecular weight is 221 g/mol. The van der Waals surface area contributed by atoms with Crippen molar-refractivity contribution in [1.29, 1.82) is 0 Å². The lowest BCUT2D eigenvalue weighted by Crippen LogP contribution is -2.26. The van der Waals surface area contributed by atoms with Crippen molar-refractivity contribution < 1.29 is 5.11 Å². The van der Waals surface area contributed by atoms with Gasteiger partial charge in [-0.15, -0.1) is 0 Å². The van der Waals surface area contributed by atoms with Gasteiger partial charge in [-0.05, 0) is 44.4 Å². The smallest absolute Gasteiger partial charge is 0.0603 e. The molecule has 0 saturated carbocycles. The molecule has 16 heavy (non-hydrogen) atoms. The summed E-state index contributed by atoms with van der Waals surface area (Å²) in [7, 11) is 0. The quantitative estimate of drug-likeness (QED) is 0.723. The minimum Gasteiger partial charge on any atom is -0.390 e. The molecule has 0 fully saturated rings. The van der Waals surface area contributed by atoms with Crippen molar-refractivity contribution in [3.8, 4) is 0 Å². The van der Waals surface area contributed by atoms with Gasteiger partial charge in [0.15, 0.2) is 0 Å². The van der Waals surface area contributed by atoms with Crippen molar-refractivity contribution in [3.63, 3.8) is 0 Å². The van der Waals surface area contributed by atoms with E-state index >= 15 is 0 Å². The zero-order valence-corrected chi connectivity index (χ0v) is 10.6. The van der Waals surface area contributed by atoms with Gasteiger partial charge in [-0.25, -0.2) is 0 Å². The normalized spacial score (nSPS) is 11.8. The van der Waals surface area contributed by atoms with E-state index in [1.54, 1.807) is 0 Å². The van der Waals surface area contributed by atoms with Gasteiger partial charge < -0.3 is 10.4 Å². The predicted octanol–water partition coefficient (Wildman–Crippen LogP) is 2.50. The maximum atomic E-state index is 9.54. The first-order valence-electron chi connectivity index (χ1n) is 6.02. The van der Waals surface area contributed by atoms with Gasteiger partial charge in [0.05, 0.1) is 5.60 Å². The molecule has 1 rings (SSSR count). The summed E-state index contributed by atoms with van der Waals surface area (Å²) in [5.41, 5.74) is 2.10. The third kappa shape index (κ3) is 5.29. The fourth-order valence-corrected chi connectivity index (χ4v) is 1.52. The van der Waals surface area contributed by atoms with Crippen LogP contribution in [0.15, 0.2) is 24.3 Å². The van der Waals surface area contributed by atoms with Gasteiger partial charge in [-0.3, -0.25) is 0 Å². The van der Waals surface area contributed by atoms with Crippen molar-refractivity contribution in [2.24, 2.45) is 0 Å². The Labute approximate surface area is 98.7 Å². The number of rotatable bonds is 6. The van der Waals surface area contributed by atoms with E-state index in [0.717, 1.165) is 25.9 Å². The van der Waals surface area contributed by atoms with Crippen molar-refractivity contribution >= 4 is 0 Å². The monoisotopic (exact) mass is 221 g/mol. The molecule has 2 nitrogen and oxygen atoms in total. The van der Waals surface area contributed by atoms with E-state index < -0.39 is 5.60 Å². The van der Waals surface area contributed by atoms with Crippen molar-refractivity contribution in [1.82, 2.24) is 5.32 Å². The molecule has 0 spiro atoms. The molecule has 0 aromatic heterocycles. The summed E-state index contributed by atoms with van der Waals surface area (Å²) in [5.74, 6) is 0. The molecule has 0 bridgehead atoms. The van der Waals surface area contributed by atoms with Gasteiger partial charge in [0.1, 0.15) is 0 Å². The predicted molar refractivity (Wildman–Crippen MR) is 68.4 cm³/mol. The Morgan fingerprint density at radius 3 is 2.19 bits per heavy atom. The number of benzene rings is 1. The maximum Gasteiger partial charge on any atom is 0.0603 e. The highest BCUT2D eigenvalue weighted by Crippen LogP contribution is 2.07. The molecule has 1 aromatic rings. The molecule has 2 heteroatoms. The first-order chi connectivity index (χ1) is 7.51. The van der Waals surface area contributed by atoms with Crippen molar-refractivity contribution in [2.75, 3.05) is 6.54 Å². The number of nitrogens with one attached hydrogen (secondary N) is 1. The molecular formula is C14H23NO. The summed E-state index contributed by atoms with van der Waals surface area (Å²) in [6.45, 7) is 7.56. The Balaban J connectivity index is 2.27. The highest BCUT2D eigenvalue weighted by Gasteiger charge is 2.10. The van der Waals surface area contributed by atoms with E-state index in [1.807, 2.05) is 13.8 Å². The van der Waals surface area contributed by atoms with Crippen molar-refractivity contribution in [3.05, 3.63) is 35.4 Å². The lowest BCUT2D eigenvalue weighted by atomic mass is 10.1. The topological polar surface area (TPSA) is 32.3 Å². The Bertz CT molecular complexity index is 298. The van der Waals surface area contributed by atoms with Crippen LogP contribution in [0.4, 0.5) is 0 Å². The Kier molecular flexibility index (Phi) is 4.97. The largest absolute Gasteiger partial charge is 0.390 e. The van der Waals surface area contributed by atoms with Gasteiger partial charge in [-0.1, -0.05) is 31.2 Å². The van der Waals surface area contributed by atoms with Crippen LogP contribution in [0.3, 0.4) is 0 Å². The first kappa shape index (κ1) is 13.2. The lowest BCUT2D eigenvalue weighted by Gasteiger charge is -2.17. The van der Waals surface area contributed by atoms with Gasteiger partial charge in [0.2, 0.25) is 0 Å². The number of hydrogen-bond acceptors (Lipinski definition) is 2. The van der Waals surface area contributed by atoms with Crippen LogP contribution in [0.5, 0.6) is 0 Å². The molecule has 0 aliphatic rings. The molecule has 90 valence electrons. The summed E-state index contributed by atoms with van der Waals surface area (Å²) in [4.78, 5) is 0. The van der Waals surface area contributed by atoms with Crippen LogP contribution in [0.1, 0.15) is 38.3 Å². The molecular weight excluding hydrogens is 198 g/mol. The molecule has 1 aromatic carbocycles. The van der Waals surface area contributed by atoms with E-state index in [9.17, 15) is 5.11 Å². The highest BCUT2D eigenvalue weighted by atomic mass is 16.3. The Morgan fingerprint density at radius 1 is 1.12 bits per heavy atom. The van der Waals surface area contributed by atoms with E-state index in [2.05, 4.69) is 36.5 Å². The molecule has 0 atom stereocenters. The number of hydrogen-bond donors (Lipinski definition) is 2. The lowest BCUT2D eigenvalue weighted by molar-refractivity contribution is 0.0711. The van der Waals surface area contributed by atoms with Gasteiger partial charge in [0.25, 0.3) is 0 Å². The molecule has 0 saturated heterocycles. The van der Waals surface area contributed by atoms with Gasteiger partial charge in [-0.2, -0.15) is 0 Å². The maximum absolute atomic E-state index is 9.54. The highest BCUT2D eigenvalue weighted by molar-refractivity contribution is 5.22. The molecule has 0 aliphatic heterocycles. The molecule has 0 amide bonds. The molecule has 0 unspecified atom stereocenters. The van der Waals surface area contributed by atoms with E-state index in [-0.39, 0.29) is 0 Å². The Morgan fingerprint density at radius 2 is 1.69 bits per heavy atom. The second-order valence-corrected chi connectivity index (χ2v) is 4.91. The van der Waals surface area contributed by atoms with Crippen LogP contribution in [0, 0.1) is 0 Å². The standard InChI is InChI=1S/C14H23NO/c1-4-12-5-7-13(8-6-12)11-15-10-9-14(2,3)16/h5-8,15-16H,4,9-11H2,1-3H3. The molecule has 0 radical (unpaired) electrons. The summed E-state index contributed by atoms with van der Waals surface area (Å²) in [6, 6.07) is 8.67. The third-order valence-corrected chi connectivity index (χ3v) is 2.67.